The summed E-state index contributed by atoms with van der Waals surface area (Å²) in [5.41, 5.74) is 8.82. The Labute approximate surface area is 124 Å². The van der Waals surface area contributed by atoms with Crippen molar-refractivity contribution in [3.8, 4) is 5.75 Å². The van der Waals surface area contributed by atoms with Crippen LogP contribution in [-0.2, 0) is 0 Å². The fourth-order valence-corrected chi connectivity index (χ4v) is 2.55. The molecule has 0 aromatic heterocycles. The molecule has 108 valence electrons. The van der Waals surface area contributed by atoms with Crippen molar-refractivity contribution in [3.63, 3.8) is 0 Å². The molecule has 0 atom stereocenters. The number of nitrogen functional groups attached to an aromatic ring is 1. The number of fused-ring (bicyclic) bond motifs is 1. The third-order valence-corrected chi connectivity index (χ3v) is 3.68. The fraction of sp³-hybridized carbons (Fsp3) is 0.235. The maximum Gasteiger partial charge on any atom is 0.258 e. The van der Waals surface area contributed by atoms with Crippen molar-refractivity contribution >= 4 is 17.3 Å². The van der Waals surface area contributed by atoms with E-state index in [9.17, 15) is 4.79 Å². The Morgan fingerprint density at radius 2 is 2.05 bits per heavy atom. The summed E-state index contributed by atoms with van der Waals surface area (Å²) >= 11 is 0. The van der Waals surface area contributed by atoms with E-state index in [0.717, 1.165) is 23.4 Å². The van der Waals surface area contributed by atoms with Crippen LogP contribution in [0.3, 0.4) is 0 Å². The quantitative estimate of drug-likeness (QED) is 0.818. The zero-order valence-corrected chi connectivity index (χ0v) is 12.0. The van der Waals surface area contributed by atoms with Crippen LogP contribution in [0, 0.1) is 6.92 Å². The summed E-state index contributed by atoms with van der Waals surface area (Å²) in [7, 11) is 0. The normalized spacial score (nSPS) is 14.0. The van der Waals surface area contributed by atoms with Gasteiger partial charge in [-0.3, -0.25) is 4.79 Å². The highest BCUT2D eigenvalue weighted by Gasteiger charge is 2.24. The molecule has 0 saturated heterocycles. The molecule has 2 aromatic rings. The van der Waals surface area contributed by atoms with Crippen molar-refractivity contribution in [2.75, 3.05) is 23.8 Å². The van der Waals surface area contributed by atoms with Crippen molar-refractivity contribution in [1.82, 2.24) is 0 Å². The number of nitrogens with zero attached hydrogens (tertiary/aromatic N) is 1. The first kappa shape index (κ1) is 13.5. The molecule has 0 unspecified atom stereocenters. The van der Waals surface area contributed by atoms with Gasteiger partial charge in [-0.15, -0.1) is 0 Å². The number of benzene rings is 2. The summed E-state index contributed by atoms with van der Waals surface area (Å²) in [5, 5.41) is 0. The third-order valence-electron chi connectivity index (χ3n) is 3.68. The topological polar surface area (TPSA) is 55.6 Å². The lowest BCUT2D eigenvalue weighted by atomic mass is 10.1. The Morgan fingerprint density at radius 3 is 2.90 bits per heavy atom. The van der Waals surface area contributed by atoms with Crippen LogP contribution in [-0.4, -0.2) is 19.1 Å². The molecule has 21 heavy (non-hydrogen) atoms. The van der Waals surface area contributed by atoms with E-state index in [-0.39, 0.29) is 5.91 Å². The third kappa shape index (κ3) is 2.57. The van der Waals surface area contributed by atoms with Gasteiger partial charge >= 0.3 is 0 Å². The zero-order valence-electron chi connectivity index (χ0n) is 12.0. The van der Waals surface area contributed by atoms with Crippen LogP contribution in [0.1, 0.15) is 22.3 Å². The molecule has 1 aliphatic rings. The molecule has 1 heterocycles. The molecule has 4 nitrogen and oxygen atoms in total. The molecule has 0 aliphatic carbocycles. The first-order valence-electron chi connectivity index (χ1n) is 7.06. The summed E-state index contributed by atoms with van der Waals surface area (Å²) in [6.45, 7) is 3.19. The largest absolute Gasteiger partial charge is 0.491 e. The van der Waals surface area contributed by atoms with Gasteiger partial charge in [0.05, 0.1) is 12.3 Å². The second-order valence-electron chi connectivity index (χ2n) is 5.20. The molecule has 2 aromatic carbocycles. The highest BCUT2D eigenvalue weighted by Crippen LogP contribution is 2.32. The number of hydrogen-bond acceptors (Lipinski definition) is 3. The lowest BCUT2D eigenvalue weighted by Gasteiger charge is -2.22. The number of rotatable bonds is 1. The molecule has 1 aliphatic heterocycles. The Hall–Kier alpha value is -2.49. The minimum absolute atomic E-state index is 0.0299. The van der Waals surface area contributed by atoms with E-state index in [1.807, 2.05) is 43.3 Å². The summed E-state index contributed by atoms with van der Waals surface area (Å²) in [5.74, 6) is 0.725. The molecule has 0 spiro atoms. The van der Waals surface area contributed by atoms with Gasteiger partial charge in [0.2, 0.25) is 0 Å². The Balaban J connectivity index is 2.03. The predicted molar refractivity (Wildman–Crippen MR) is 83.8 cm³/mol. The SMILES string of the molecule is Cc1ccc(N)cc1C(=O)N1CCCOc2ccccc21. The average molecular weight is 282 g/mol. The number of anilines is 2. The van der Waals surface area contributed by atoms with Crippen molar-refractivity contribution < 1.29 is 9.53 Å². The van der Waals surface area contributed by atoms with E-state index in [0.29, 0.717) is 24.4 Å². The van der Waals surface area contributed by atoms with Crippen molar-refractivity contribution in [1.29, 1.82) is 0 Å². The van der Waals surface area contributed by atoms with E-state index in [4.69, 9.17) is 10.5 Å². The van der Waals surface area contributed by atoms with E-state index in [2.05, 4.69) is 0 Å². The minimum atomic E-state index is -0.0299. The number of hydrogen-bond donors (Lipinski definition) is 1. The summed E-state index contributed by atoms with van der Waals surface area (Å²) < 4.78 is 5.70. The monoisotopic (exact) mass is 282 g/mol. The van der Waals surface area contributed by atoms with E-state index in [1.54, 1.807) is 11.0 Å². The van der Waals surface area contributed by atoms with Crippen LogP contribution in [0.15, 0.2) is 42.5 Å². The zero-order chi connectivity index (χ0) is 14.8. The second-order valence-corrected chi connectivity index (χ2v) is 5.20. The number of amides is 1. The van der Waals surface area contributed by atoms with Crippen LogP contribution < -0.4 is 15.4 Å². The van der Waals surface area contributed by atoms with E-state index in [1.165, 1.54) is 0 Å². The fourth-order valence-electron chi connectivity index (χ4n) is 2.55. The van der Waals surface area contributed by atoms with Gasteiger partial charge in [-0.1, -0.05) is 18.2 Å². The number of carbonyl (C=O) groups excluding carboxylic acids is 1. The summed E-state index contributed by atoms with van der Waals surface area (Å²) in [6.07, 6.45) is 0.807. The molecule has 0 saturated carbocycles. The average Bonchev–Trinajstić information content (AvgIpc) is 2.71. The number of carbonyl (C=O) groups is 1. The molecule has 0 radical (unpaired) electrons. The first-order valence-corrected chi connectivity index (χ1v) is 7.06. The lowest BCUT2D eigenvalue weighted by molar-refractivity contribution is 0.0986. The number of ether oxygens (including phenoxy) is 1. The van der Waals surface area contributed by atoms with Gasteiger partial charge < -0.3 is 15.4 Å². The number of nitrogens with two attached hydrogens (primary N) is 1. The maximum atomic E-state index is 12.9. The van der Waals surface area contributed by atoms with Crippen LogP contribution in [0.2, 0.25) is 0 Å². The van der Waals surface area contributed by atoms with E-state index >= 15 is 0 Å². The van der Waals surface area contributed by atoms with Crippen LogP contribution in [0.4, 0.5) is 11.4 Å². The highest BCUT2D eigenvalue weighted by molar-refractivity contribution is 6.08. The maximum absolute atomic E-state index is 12.9. The molecule has 0 fully saturated rings. The molecule has 4 heteroatoms. The highest BCUT2D eigenvalue weighted by atomic mass is 16.5. The van der Waals surface area contributed by atoms with Gasteiger partial charge in [0.15, 0.2) is 0 Å². The Bertz CT molecular complexity index is 682. The molecular weight excluding hydrogens is 264 g/mol. The Kier molecular flexibility index (Phi) is 3.52. The van der Waals surface area contributed by atoms with Crippen LogP contribution in [0.5, 0.6) is 5.75 Å². The van der Waals surface area contributed by atoms with Crippen LogP contribution >= 0.6 is 0 Å². The molecule has 0 bridgehead atoms. The summed E-state index contributed by atoms with van der Waals surface area (Å²) in [4.78, 5) is 14.7. The van der Waals surface area contributed by atoms with Crippen LogP contribution in [0.25, 0.3) is 0 Å². The predicted octanol–water partition coefficient (Wildman–Crippen LogP) is 3.01. The second kappa shape index (κ2) is 5.48. The van der Waals surface area contributed by atoms with Gasteiger partial charge in [0.25, 0.3) is 5.91 Å². The smallest absolute Gasteiger partial charge is 0.258 e. The molecular formula is C17H18N2O2. The summed E-state index contributed by atoms with van der Waals surface area (Å²) in [6, 6.07) is 13.1. The van der Waals surface area contributed by atoms with Gasteiger partial charge in [-0.2, -0.15) is 0 Å². The van der Waals surface area contributed by atoms with Gasteiger partial charge in [0, 0.05) is 17.8 Å². The minimum Gasteiger partial charge on any atom is -0.491 e. The lowest BCUT2D eigenvalue weighted by Crippen LogP contribution is -2.32. The van der Waals surface area contributed by atoms with Gasteiger partial charge in [-0.05, 0) is 43.2 Å². The van der Waals surface area contributed by atoms with Crippen molar-refractivity contribution in [2.45, 2.75) is 13.3 Å². The molecule has 3 rings (SSSR count). The van der Waals surface area contributed by atoms with Gasteiger partial charge in [-0.25, -0.2) is 0 Å². The standard InChI is InChI=1S/C17H18N2O2/c1-12-7-8-13(18)11-14(12)17(20)19-9-4-10-21-16-6-3-2-5-15(16)19/h2-3,5-8,11H,4,9-10,18H2,1H3. The molecule has 2 N–H and O–H groups in total. The molecule has 1 amide bonds. The number of para-hydroxylation sites is 2. The van der Waals surface area contributed by atoms with Crippen molar-refractivity contribution in [3.05, 3.63) is 53.6 Å². The van der Waals surface area contributed by atoms with E-state index < -0.39 is 0 Å². The van der Waals surface area contributed by atoms with Gasteiger partial charge in [0.1, 0.15) is 5.75 Å². The first-order chi connectivity index (χ1) is 10.2. The number of aryl methyl sites for hydroxylation is 1. The van der Waals surface area contributed by atoms with Crippen molar-refractivity contribution in [2.24, 2.45) is 0 Å². The Morgan fingerprint density at radius 1 is 1.24 bits per heavy atom.